The van der Waals surface area contributed by atoms with E-state index in [1.165, 1.54) is 17.3 Å². The Hall–Kier alpha value is -3.88. The summed E-state index contributed by atoms with van der Waals surface area (Å²) < 4.78 is 4.76. The maximum Gasteiger partial charge on any atom is 0.266 e. The van der Waals surface area contributed by atoms with Crippen LogP contribution in [0.2, 0.25) is 0 Å². The first-order valence-electron chi connectivity index (χ1n) is 12.2. The standard InChI is InChI=1S/C30H23BrN4O2S/c1-2-34-26-10-6-4-7-22(26)24-17-20(13-16-27(24)34)32-28(36)18-38-30-33-25-9-5-3-8-23(25)29(37)35(30)21-14-11-19(31)12-15-21/h3-17H,2,18H2,1H3,(H,32,36). The molecule has 2 heterocycles. The normalized spacial score (nSPS) is 11.4. The summed E-state index contributed by atoms with van der Waals surface area (Å²) in [7, 11) is 0. The molecule has 0 saturated carbocycles. The van der Waals surface area contributed by atoms with Gasteiger partial charge in [0, 0.05) is 38.5 Å². The minimum Gasteiger partial charge on any atom is -0.341 e. The number of hydrogen-bond acceptors (Lipinski definition) is 4. The lowest BCUT2D eigenvalue weighted by Crippen LogP contribution is -2.23. The third-order valence-corrected chi connectivity index (χ3v) is 8.00. The Kier molecular flexibility index (Phi) is 6.51. The van der Waals surface area contributed by atoms with E-state index in [2.05, 4.69) is 50.9 Å². The number of fused-ring (bicyclic) bond motifs is 4. The number of hydrogen-bond donors (Lipinski definition) is 1. The molecule has 4 aromatic carbocycles. The van der Waals surface area contributed by atoms with Gasteiger partial charge in [-0.25, -0.2) is 4.98 Å². The van der Waals surface area contributed by atoms with Crippen molar-refractivity contribution in [3.8, 4) is 5.69 Å². The molecule has 0 bridgehead atoms. The summed E-state index contributed by atoms with van der Waals surface area (Å²) in [6, 6.07) is 29.0. The molecule has 6 rings (SSSR count). The fourth-order valence-corrected chi connectivity index (χ4v) is 5.90. The largest absolute Gasteiger partial charge is 0.341 e. The zero-order valence-corrected chi connectivity index (χ0v) is 22.9. The minimum atomic E-state index is -0.168. The molecule has 0 saturated heterocycles. The summed E-state index contributed by atoms with van der Waals surface area (Å²) >= 11 is 4.69. The van der Waals surface area contributed by atoms with E-state index in [4.69, 9.17) is 4.98 Å². The van der Waals surface area contributed by atoms with Gasteiger partial charge in [-0.1, -0.05) is 58.0 Å². The molecular weight excluding hydrogens is 560 g/mol. The van der Waals surface area contributed by atoms with Crippen LogP contribution < -0.4 is 10.9 Å². The number of benzene rings is 4. The third kappa shape index (κ3) is 4.40. The Labute approximate surface area is 231 Å². The second kappa shape index (κ2) is 10.1. The van der Waals surface area contributed by atoms with E-state index < -0.39 is 0 Å². The van der Waals surface area contributed by atoms with E-state index >= 15 is 0 Å². The van der Waals surface area contributed by atoms with Crippen LogP contribution in [0.1, 0.15) is 6.92 Å². The molecule has 0 spiro atoms. The number of halogens is 1. The van der Waals surface area contributed by atoms with Crippen molar-refractivity contribution >= 4 is 72.0 Å². The Morgan fingerprint density at radius 1 is 0.895 bits per heavy atom. The van der Waals surface area contributed by atoms with Crippen LogP contribution in [0.3, 0.4) is 0 Å². The number of anilines is 1. The van der Waals surface area contributed by atoms with Crippen LogP contribution >= 0.6 is 27.7 Å². The first-order chi connectivity index (χ1) is 18.5. The highest BCUT2D eigenvalue weighted by molar-refractivity contribution is 9.10. The summed E-state index contributed by atoms with van der Waals surface area (Å²) in [5.74, 6) is -0.0610. The van der Waals surface area contributed by atoms with Gasteiger partial charge < -0.3 is 9.88 Å². The van der Waals surface area contributed by atoms with Crippen molar-refractivity contribution in [1.82, 2.24) is 14.1 Å². The predicted octanol–water partition coefficient (Wildman–Crippen LogP) is 7.01. The van der Waals surface area contributed by atoms with Crippen molar-refractivity contribution in [3.63, 3.8) is 0 Å². The Bertz CT molecular complexity index is 1890. The number of thioether (sulfide) groups is 1. The van der Waals surface area contributed by atoms with Gasteiger partial charge in [0.05, 0.1) is 22.3 Å². The highest BCUT2D eigenvalue weighted by Crippen LogP contribution is 2.31. The van der Waals surface area contributed by atoms with E-state index in [1.54, 1.807) is 10.6 Å². The fourth-order valence-electron chi connectivity index (χ4n) is 4.83. The third-order valence-electron chi connectivity index (χ3n) is 6.53. The number of rotatable bonds is 6. The fraction of sp³-hybridized carbons (Fsp3) is 0.100. The molecule has 2 aromatic heterocycles. The van der Waals surface area contributed by atoms with Gasteiger partial charge in [0.1, 0.15) is 0 Å². The SMILES string of the molecule is CCn1c2ccccc2c2cc(NC(=O)CSc3nc4ccccc4c(=O)n3-c3ccc(Br)cc3)ccc21. The lowest BCUT2D eigenvalue weighted by molar-refractivity contribution is -0.113. The molecule has 0 aliphatic rings. The van der Waals surface area contributed by atoms with Crippen molar-refractivity contribution in [3.05, 3.63) is 106 Å². The molecule has 1 N–H and O–H groups in total. The monoisotopic (exact) mass is 582 g/mol. The Morgan fingerprint density at radius 2 is 1.61 bits per heavy atom. The first kappa shape index (κ1) is 24.5. The molecule has 0 unspecified atom stereocenters. The molecule has 0 aliphatic carbocycles. The average Bonchev–Trinajstić information content (AvgIpc) is 3.26. The van der Waals surface area contributed by atoms with E-state index in [0.717, 1.165) is 33.0 Å². The maximum absolute atomic E-state index is 13.4. The van der Waals surface area contributed by atoms with E-state index in [-0.39, 0.29) is 17.2 Å². The summed E-state index contributed by atoms with van der Waals surface area (Å²) in [5.41, 5.74) is 4.18. The summed E-state index contributed by atoms with van der Waals surface area (Å²) in [4.78, 5) is 31.2. The van der Waals surface area contributed by atoms with Gasteiger partial charge in [-0.15, -0.1) is 0 Å². The summed E-state index contributed by atoms with van der Waals surface area (Å²) in [6.45, 7) is 3.00. The number of nitrogens with one attached hydrogen (secondary N) is 1. The maximum atomic E-state index is 13.4. The molecule has 6 aromatic rings. The molecule has 8 heteroatoms. The van der Waals surface area contributed by atoms with E-state index in [0.29, 0.717) is 21.7 Å². The molecule has 188 valence electrons. The highest BCUT2D eigenvalue weighted by Gasteiger charge is 2.16. The number of aromatic nitrogens is 3. The zero-order chi connectivity index (χ0) is 26.2. The van der Waals surface area contributed by atoms with Crippen molar-refractivity contribution < 1.29 is 4.79 Å². The van der Waals surface area contributed by atoms with Gasteiger partial charge in [0.15, 0.2) is 5.16 Å². The number of nitrogens with zero attached hydrogens (tertiary/aromatic N) is 3. The van der Waals surface area contributed by atoms with Gasteiger partial charge in [-0.05, 0) is 67.6 Å². The summed E-state index contributed by atoms with van der Waals surface area (Å²) in [6.07, 6.45) is 0. The van der Waals surface area contributed by atoms with Crippen molar-refractivity contribution in [2.75, 3.05) is 11.1 Å². The molecule has 0 aliphatic heterocycles. The van der Waals surface area contributed by atoms with Gasteiger partial charge in [-0.3, -0.25) is 14.2 Å². The quantitative estimate of drug-likeness (QED) is 0.169. The Morgan fingerprint density at radius 3 is 2.39 bits per heavy atom. The number of carbonyl (C=O) groups is 1. The van der Waals surface area contributed by atoms with Crippen LogP contribution in [-0.2, 0) is 11.3 Å². The van der Waals surface area contributed by atoms with Crippen LogP contribution in [0, 0.1) is 0 Å². The highest BCUT2D eigenvalue weighted by atomic mass is 79.9. The molecule has 0 atom stereocenters. The van der Waals surface area contributed by atoms with Crippen LogP contribution in [0.5, 0.6) is 0 Å². The molecule has 0 fully saturated rings. The van der Waals surface area contributed by atoms with Crippen molar-refractivity contribution in [2.45, 2.75) is 18.6 Å². The minimum absolute atomic E-state index is 0.107. The second-order valence-electron chi connectivity index (χ2n) is 8.86. The molecule has 0 radical (unpaired) electrons. The van der Waals surface area contributed by atoms with Gasteiger partial charge >= 0.3 is 0 Å². The van der Waals surface area contributed by atoms with Gasteiger partial charge in [-0.2, -0.15) is 0 Å². The van der Waals surface area contributed by atoms with E-state index in [1.807, 2.05) is 66.7 Å². The van der Waals surface area contributed by atoms with Crippen LogP contribution in [0.25, 0.3) is 38.4 Å². The van der Waals surface area contributed by atoms with Gasteiger partial charge in [0.2, 0.25) is 5.91 Å². The molecule has 1 amide bonds. The lowest BCUT2D eigenvalue weighted by Gasteiger charge is -2.13. The molecule has 38 heavy (non-hydrogen) atoms. The van der Waals surface area contributed by atoms with E-state index in [9.17, 15) is 9.59 Å². The van der Waals surface area contributed by atoms with Crippen LogP contribution in [-0.4, -0.2) is 25.8 Å². The summed E-state index contributed by atoms with van der Waals surface area (Å²) in [5, 5.41) is 6.29. The Balaban J connectivity index is 1.30. The van der Waals surface area contributed by atoms with Crippen molar-refractivity contribution in [2.24, 2.45) is 0 Å². The number of carbonyl (C=O) groups excluding carboxylic acids is 1. The average molecular weight is 584 g/mol. The number of para-hydroxylation sites is 2. The second-order valence-corrected chi connectivity index (χ2v) is 10.7. The molecule has 6 nitrogen and oxygen atoms in total. The van der Waals surface area contributed by atoms with Crippen molar-refractivity contribution in [1.29, 1.82) is 0 Å². The predicted molar refractivity (Wildman–Crippen MR) is 160 cm³/mol. The molecular formula is C30H23BrN4O2S. The van der Waals surface area contributed by atoms with Crippen LogP contribution in [0.4, 0.5) is 5.69 Å². The smallest absolute Gasteiger partial charge is 0.266 e. The topological polar surface area (TPSA) is 68.9 Å². The zero-order valence-electron chi connectivity index (χ0n) is 20.5. The first-order valence-corrected chi connectivity index (χ1v) is 14.0. The number of aryl methyl sites for hydroxylation is 1. The van der Waals surface area contributed by atoms with Gasteiger partial charge in [0.25, 0.3) is 5.56 Å². The number of amides is 1. The lowest BCUT2D eigenvalue weighted by atomic mass is 10.1. The van der Waals surface area contributed by atoms with Crippen LogP contribution in [0.15, 0.2) is 105 Å².